The van der Waals surface area contributed by atoms with Gasteiger partial charge in [-0.15, -0.1) is 0 Å². The molecular formula is C28H29N3O5S. The summed E-state index contributed by atoms with van der Waals surface area (Å²) in [5.41, 5.74) is 3.17. The summed E-state index contributed by atoms with van der Waals surface area (Å²) in [5, 5.41) is 1.77. The summed E-state index contributed by atoms with van der Waals surface area (Å²) in [4.78, 5) is 16.8. The molecule has 2 heterocycles. The molecule has 0 fully saturated rings. The van der Waals surface area contributed by atoms with E-state index in [0.717, 1.165) is 17.8 Å². The summed E-state index contributed by atoms with van der Waals surface area (Å²) >= 11 is 0. The van der Waals surface area contributed by atoms with Crippen LogP contribution in [0.4, 0.5) is 0 Å². The van der Waals surface area contributed by atoms with Gasteiger partial charge in [0.05, 0.1) is 30.2 Å². The monoisotopic (exact) mass is 519 g/mol. The van der Waals surface area contributed by atoms with Crippen LogP contribution in [0, 0.1) is 0 Å². The van der Waals surface area contributed by atoms with Gasteiger partial charge in [0.15, 0.2) is 6.29 Å². The van der Waals surface area contributed by atoms with Crippen molar-refractivity contribution < 1.29 is 22.7 Å². The van der Waals surface area contributed by atoms with E-state index in [1.807, 2.05) is 18.3 Å². The van der Waals surface area contributed by atoms with Gasteiger partial charge in [0, 0.05) is 40.8 Å². The van der Waals surface area contributed by atoms with Crippen molar-refractivity contribution in [3.8, 4) is 11.5 Å². The number of aromatic amines is 1. The van der Waals surface area contributed by atoms with Gasteiger partial charge in [-0.1, -0.05) is 18.2 Å². The molecule has 0 unspecified atom stereocenters. The van der Waals surface area contributed by atoms with Crippen molar-refractivity contribution in [2.45, 2.75) is 11.4 Å². The minimum absolute atomic E-state index is 0.191. The molecule has 1 N–H and O–H groups in total. The number of hydrogen-bond acceptors (Lipinski definition) is 6. The quantitative estimate of drug-likeness (QED) is 0.306. The number of hydrogen-bond donors (Lipinski definition) is 1. The fraction of sp³-hybridized carbons (Fsp3) is 0.179. The molecule has 192 valence electrons. The van der Waals surface area contributed by atoms with E-state index in [0.29, 0.717) is 28.5 Å². The van der Waals surface area contributed by atoms with E-state index in [1.54, 1.807) is 43.5 Å². The molecule has 0 amide bonds. The fourth-order valence-corrected chi connectivity index (χ4v) is 5.62. The maximum absolute atomic E-state index is 12.7. The first-order chi connectivity index (χ1) is 17.8. The second-order valence-electron chi connectivity index (χ2n) is 8.58. The maximum Gasteiger partial charge on any atom is 0.268 e. The average molecular weight is 520 g/mol. The number of H-pyrrole nitrogens is 1. The highest BCUT2D eigenvalue weighted by Gasteiger charge is 2.20. The number of fused-ring (bicyclic) bond motifs is 2. The number of benzene rings is 3. The topological polar surface area (TPSA) is 93.6 Å². The molecule has 5 aromatic rings. The van der Waals surface area contributed by atoms with Gasteiger partial charge in [0.25, 0.3) is 10.0 Å². The predicted molar refractivity (Wildman–Crippen MR) is 145 cm³/mol. The van der Waals surface area contributed by atoms with E-state index < -0.39 is 10.0 Å². The summed E-state index contributed by atoms with van der Waals surface area (Å²) in [6, 6.07) is 19.1. The number of ether oxygens (including phenoxy) is 2. The fourth-order valence-electron chi connectivity index (χ4n) is 4.26. The Morgan fingerprint density at radius 1 is 0.892 bits per heavy atom. The van der Waals surface area contributed by atoms with Gasteiger partial charge in [0.1, 0.15) is 11.5 Å². The Morgan fingerprint density at radius 3 is 2.24 bits per heavy atom. The highest BCUT2D eigenvalue weighted by atomic mass is 32.2. The Labute approximate surface area is 216 Å². The number of aldehydes is 1. The summed E-state index contributed by atoms with van der Waals surface area (Å²) in [7, 11) is 3.59. The Kier molecular flexibility index (Phi) is 7.66. The van der Waals surface area contributed by atoms with Crippen LogP contribution in [-0.4, -0.2) is 56.9 Å². The molecule has 37 heavy (non-hydrogen) atoms. The predicted octanol–water partition coefficient (Wildman–Crippen LogP) is 4.94. The lowest BCUT2D eigenvalue weighted by molar-refractivity contribution is 0.112. The first-order valence-corrected chi connectivity index (χ1v) is 13.0. The maximum atomic E-state index is 12.7. The molecule has 8 nitrogen and oxygen atoms in total. The Bertz CT molecular complexity index is 1640. The van der Waals surface area contributed by atoms with Crippen molar-refractivity contribution in [1.82, 2.24) is 13.9 Å². The lowest BCUT2D eigenvalue weighted by Gasteiger charge is -2.14. The molecule has 9 heteroatoms. The minimum Gasteiger partial charge on any atom is -0.496 e. The average Bonchev–Trinajstić information content (AvgIpc) is 3.57. The zero-order chi connectivity index (χ0) is 26.6. The van der Waals surface area contributed by atoms with Crippen LogP contribution in [0.1, 0.15) is 15.9 Å². The zero-order valence-corrected chi connectivity index (χ0v) is 22.0. The van der Waals surface area contributed by atoms with Gasteiger partial charge >= 0.3 is 0 Å². The number of carbonyl (C=O) groups is 1. The van der Waals surface area contributed by atoms with Crippen LogP contribution in [0.5, 0.6) is 11.5 Å². The van der Waals surface area contributed by atoms with Gasteiger partial charge in [-0.3, -0.25) is 4.79 Å². The largest absolute Gasteiger partial charge is 0.496 e. The van der Waals surface area contributed by atoms with Gasteiger partial charge in [-0.05, 0) is 62.6 Å². The number of methoxy groups -OCH3 is 2. The molecular weight excluding hydrogens is 490 g/mol. The smallest absolute Gasteiger partial charge is 0.268 e. The standard InChI is InChI=1S/C16H13NO4S.C12H16N2O/c1-21-16-8-7-15-13(14(16)11-18)9-10-17(15)22(19,20)12-5-3-2-4-6-12;1-14(2)8-10-9-6-7-13-11(9)4-5-12(10)15-3/h2-11H,1H3;4-7,13H,8H2,1-3H3. The molecule has 5 rings (SSSR count). The number of aromatic nitrogens is 2. The Balaban J connectivity index is 0.000000186. The van der Waals surface area contributed by atoms with Crippen LogP contribution in [0.3, 0.4) is 0 Å². The van der Waals surface area contributed by atoms with E-state index in [4.69, 9.17) is 9.47 Å². The number of nitrogens with one attached hydrogen (secondary N) is 1. The summed E-state index contributed by atoms with van der Waals surface area (Å²) in [6.45, 7) is 0.887. The number of rotatable bonds is 7. The number of nitrogens with zero attached hydrogens (tertiary/aromatic N) is 2. The molecule has 0 radical (unpaired) electrons. The van der Waals surface area contributed by atoms with E-state index in [1.165, 1.54) is 40.4 Å². The van der Waals surface area contributed by atoms with Crippen molar-refractivity contribution >= 4 is 38.1 Å². The van der Waals surface area contributed by atoms with E-state index in [9.17, 15) is 13.2 Å². The lowest BCUT2D eigenvalue weighted by atomic mass is 10.1. The molecule has 0 aliphatic carbocycles. The molecule has 0 aliphatic rings. The first-order valence-electron chi connectivity index (χ1n) is 11.5. The van der Waals surface area contributed by atoms with Crippen molar-refractivity contribution in [3.63, 3.8) is 0 Å². The third-order valence-electron chi connectivity index (χ3n) is 5.97. The third kappa shape index (κ3) is 5.09. The van der Waals surface area contributed by atoms with Crippen LogP contribution in [-0.2, 0) is 16.6 Å². The van der Waals surface area contributed by atoms with E-state index in [2.05, 4.69) is 30.0 Å². The van der Waals surface area contributed by atoms with Crippen LogP contribution >= 0.6 is 0 Å². The second-order valence-corrected chi connectivity index (χ2v) is 10.4. The van der Waals surface area contributed by atoms with Crippen molar-refractivity contribution in [3.05, 3.63) is 90.3 Å². The van der Waals surface area contributed by atoms with Crippen LogP contribution in [0.25, 0.3) is 21.8 Å². The Morgan fingerprint density at radius 2 is 1.59 bits per heavy atom. The lowest BCUT2D eigenvalue weighted by Crippen LogP contribution is -2.11. The molecule has 0 saturated carbocycles. The van der Waals surface area contributed by atoms with Crippen molar-refractivity contribution in [2.24, 2.45) is 0 Å². The van der Waals surface area contributed by atoms with Crippen LogP contribution in [0.2, 0.25) is 0 Å². The van der Waals surface area contributed by atoms with Gasteiger partial charge in [-0.2, -0.15) is 0 Å². The van der Waals surface area contributed by atoms with Crippen molar-refractivity contribution in [2.75, 3.05) is 28.3 Å². The minimum atomic E-state index is -3.71. The van der Waals surface area contributed by atoms with E-state index >= 15 is 0 Å². The molecule has 0 atom stereocenters. The highest BCUT2D eigenvalue weighted by Crippen LogP contribution is 2.30. The zero-order valence-electron chi connectivity index (χ0n) is 21.1. The first kappa shape index (κ1) is 26.0. The SMILES string of the molecule is COc1ccc2[nH]ccc2c1CN(C)C.COc1ccc2c(ccn2S(=O)(=O)c2ccccc2)c1C=O. The third-order valence-corrected chi connectivity index (χ3v) is 7.68. The summed E-state index contributed by atoms with van der Waals surface area (Å²) < 4.78 is 37.1. The molecule has 0 aliphatic heterocycles. The second kappa shape index (κ2) is 10.9. The van der Waals surface area contributed by atoms with Crippen LogP contribution in [0.15, 0.2) is 84.0 Å². The normalized spacial score (nSPS) is 11.4. The Hall–Kier alpha value is -4.08. The molecule has 0 spiro atoms. The van der Waals surface area contributed by atoms with Crippen LogP contribution < -0.4 is 9.47 Å². The van der Waals surface area contributed by atoms with E-state index in [-0.39, 0.29) is 4.90 Å². The molecule has 2 aromatic heterocycles. The summed E-state index contributed by atoms with van der Waals surface area (Å²) in [5.74, 6) is 1.37. The molecule has 0 bridgehead atoms. The molecule has 3 aromatic carbocycles. The summed E-state index contributed by atoms with van der Waals surface area (Å²) in [6.07, 6.45) is 4.07. The van der Waals surface area contributed by atoms with Crippen molar-refractivity contribution in [1.29, 1.82) is 0 Å². The van der Waals surface area contributed by atoms with Gasteiger partial charge in [0.2, 0.25) is 0 Å². The molecule has 0 saturated heterocycles. The number of carbonyl (C=O) groups excluding carboxylic acids is 1. The highest BCUT2D eigenvalue weighted by molar-refractivity contribution is 7.90. The van der Waals surface area contributed by atoms with Gasteiger partial charge < -0.3 is 19.4 Å². The van der Waals surface area contributed by atoms with Gasteiger partial charge in [-0.25, -0.2) is 12.4 Å².